The summed E-state index contributed by atoms with van der Waals surface area (Å²) in [7, 11) is 0. The highest BCUT2D eigenvalue weighted by molar-refractivity contribution is 5.84. The molecular formula is C17H25N3O4. The predicted molar refractivity (Wildman–Crippen MR) is 89.7 cm³/mol. The van der Waals surface area contributed by atoms with Crippen LogP contribution < -0.4 is 5.32 Å². The fraction of sp³-hybridized carbons (Fsp3) is 0.529. The van der Waals surface area contributed by atoms with E-state index < -0.39 is 12.0 Å². The van der Waals surface area contributed by atoms with Gasteiger partial charge in [0.1, 0.15) is 6.04 Å². The van der Waals surface area contributed by atoms with Crippen molar-refractivity contribution < 1.29 is 19.8 Å². The van der Waals surface area contributed by atoms with E-state index in [-0.39, 0.29) is 25.5 Å². The van der Waals surface area contributed by atoms with Gasteiger partial charge >= 0.3 is 5.97 Å². The van der Waals surface area contributed by atoms with E-state index in [2.05, 4.69) is 10.2 Å². The van der Waals surface area contributed by atoms with Gasteiger partial charge in [0.05, 0.1) is 13.2 Å². The summed E-state index contributed by atoms with van der Waals surface area (Å²) in [6.45, 7) is 4.08. The van der Waals surface area contributed by atoms with Crippen LogP contribution in [0.1, 0.15) is 5.56 Å². The topological polar surface area (TPSA) is 93.1 Å². The molecule has 2 rings (SSSR count). The minimum atomic E-state index is -1.03. The maximum absolute atomic E-state index is 12.2. The maximum atomic E-state index is 12.2. The van der Waals surface area contributed by atoms with Crippen molar-refractivity contribution in [3.8, 4) is 0 Å². The molecule has 3 N–H and O–H groups in total. The van der Waals surface area contributed by atoms with Crippen molar-refractivity contribution in [2.24, 2.45) is 0 Å². The van der Waals surface area contributed by atoms with Crippen molar-refractivity contribution in [2.75, 3.05) is 45.9 Å². The van der Waals surface area contributed by atoms with Gasteiger partial charge in [0.15, 0.2) is 0 Å². The molecular weight excluding hydrogens is 310 g/mol. The summed E-state index contributed by atoms with van der Waals surface area (Å²) in [5.41, 5.74) is 0.878. The van der Waals surface area contributed by atoms with Crippen molar-refractivity contribution in [1.82, 2.24) is 15.1 Å². The lowest BCUT2D eigenvalue weighted by atomic mass is 10.1. The Kier molecular flexibility index (Phi) is 7.17. The summed E-state index contributed by atoms with van der Waals surface area (Å²) in [6, 6.07) is 8.35. The molecule has 0 bridgehead atoms. The lowest BCUT2D eigenvalue weighted by Gasteiger charge is -2.34. The Morgan fingerprint density at radius 1 is 1.08 bits per heavy atom. The third-order valence-corrected chi connectivity index (χ3v) is 4.16. The fourth-order valence-corrected chi connectivity index (χ4v) is 2.81. The average Bonchev–Trinajstić information content (AvgIpc) is 2.57. The zero-order valence-electron chi connectivity index (χ0n) is 13.7. The molecule has 1 saturated heterocycles. The first kappa shape index (κ1) is 18.4. The number of β-amino-alcohol motifs (C(OH)–C–C–N with tert-alkyl or cyclic N) is 1. The van der Waals surface area contributed by atoms with Crippen molar-refractivity contribution in [1.29, 1.82) is 0 Å². The van der Waals surface area contributed by atoms with Gasteiger partial charge in [-0.25, -0.2) is 4.79 Å². The largest absolute Gasteiger partial charge is 0.480 e. The van der Waals surface area contributed by atoms with E-state index in [0.717, 1.165) is 31.7 Å². The van der Waals surface area contributed by atoms with Gasteiger partial charge < -0.3 is 15.5 Å². The summed E-state index contributed by atoms with van der Waals surface area (Å²) < 4.78 is 0. The van der Waals surface area contributed by atoms with Crippen molar-refractivity contribution >= 4 is 11.9 Å². The number of piperazine rings is 1. The van der Waals surface area contributed by atoms with Gasteiger partial charge in [-0.05, 0) is 5.56 Å². The van der Waals surface area contributed by atoms with Gasteiger partial charge in [0.25, 0.3) is 0 Å². The van der Waals surface area contributed by atoms with Crippen LogP contribution in [-0.4, -0.2) is 83.8 Å². The number of aliphatic hydroxyl groups excluding tert-OH is 1. The summed E-state index contributed by atoms with van der Waals surface area (Å²) in [4.78, 5) is 27.7. The Morgan fingerprint density at radius 3 is 2.29 bits per heavy atom. The van der Waals surface area contributed by atoms with Gasteiger partial charge in [-0.1, -0.05) is 30.3 Å². The third-order valence-electron chi connectivity index (χ3n) is 4.16. The molecule has 1 amide bonds. The minimum absolute atomic E-state index is 0.139. The van der Waals surface area contributed by atoms with Crippen LogP contribution in [0.5, 0.6) is 0 Å². The molecule has 24 heavy (non-hydrogen) atoms. The highest BCUT2D eigenvalue weighted by Gasteiger charge is 2.23. The summed E-state index contributed by atoms with van der Waals surface area (Å²) >= 11 is 0. The molecule has 1 aliphatic rings. The number of nitrogens with one attached hydrogen (secondary N) is 1. The molecule has 132 valence electrons. The number of hydrogen-bond donors (Lipinski definition) is 3. The summed E-state index contributed by atoms with van der Waals surface area (Å²) in [5.74, 6) is -1.30. The normalized spacial score (nSPS) is 17.4. The number of aliphatic carboxylic acids is 1. The molecule has 1 aromatic rings. The molecule has 0 unspecified atom stereocenters. The zero-order valence-corrected chi connectivity index (χ0v) is 13.7. The van der Waals surface area contributed by atoms with Gasteiger partial charge in [-0.2, -0.15) is 0 Å². The summed E-state index contributed by atoms with van der Waals surface area (Å²) in [6.07, 6.45) is 0.270. The number of nitrogens with zero attached hydrogens (tertiary/aromatic N) is 2. The van der Waals surface area contributed by atoms with Crippen LogP contribution in [0.2, 0.25) is 0 Å². The molecule has 1 aromatic carbocycles. The molecule has 1 fully saturated rings. The molecule has 0 aliphatic carbocycles. The number of aliphatic hydroxyl groups is 1. The molecule has 0 spiro atoms. The highest BCUT2D eigenvalue weighted by Crippen LogP contribution is 2.05. The van der Waals surface area contributed by atoms with Crippen molar-refractivity contribution in [3.05, 3.63) is 35.9 Å². The van der Waals surface area contributed by atoms with E-state index in [4.69, 9.17) is 5.11 Å². The lowest BCUT2D eigenvalue weighted by molar-refractivity contribution is -0.142. The van der Waals surface area contributed by atoms with Crippen LogP contribution in [-0.2, 0) is 16.0 Å². The van der Waals surface area contributed by atoms with Gasteiger partial charge in [-0.15, -0.1) is 0 Å². The van der Waals surface area contributed by atoms with Crippen LogP contribution in [0.3, 0.4) is 0 Å². The molecule has 7 nitrogen and oxygen atoms in total. The van der Waals surface area contributed by atoms with Crippen LogP contribution in [0.25, 0.3) is 0 Å². The van der Waals surface area contributed by atoms with E-state index >= 15 is 0 Å². The molecule has 7 heteroatoms. The van der Waals surface area contributed by atoms with Crippen LogP contribution >= 0.6 is 0 Å². The molecule has 1 heterocycles. The van der Waals surface area contributed by atoms with Crippen molar-refractivity contribution in [3.63, 3.8) is 0 Å². The van der Waals surface area contributed by atoms with E-state index in [1.54, 1.807) is 0 Å². The third kappa shape index (κ3) is 5.92. The minimum Gasteiger partial charge on any atom is -0.480 e. The Bertz CT molecular complexity index is 530. The van der Waals surface area contributed by atoms with E-state index in [9.17, 15) is 14.7 Å². The Labute approximate surface area is 141 Å². The van der Waals surface area contributed by atoms with Gasteiger partial charge in [0.2, 0.25) is 5.91 Å². The number of carboxylic acids is 1. The Balaban J connectivity index is 1.80. The first-order valence-electron chi connectivity index (χ1n) is 8.20. The number of carboxylic acid groups (broad SMARTS) is 1. The molecule has 0 saturated carbocycles. The second kappa shape index (κ2) is 9.36. The van der Waals surface area contributed by atoms with Crippen LogP contribution in [0.15, 0.2) is 30.3 Å². The number of benzene rings is 1. The second-order valence-electron chi connectivity index (χ2n) is 5.99. The number of hydrogen-bond acceptors (Lipinski definition) is 5. The zero-order chi connectivity index (χ0) is 17.4. The van der Waals surface area contributed by atoms with Gasteiger partial charge in [-0.3, -0.25) is 14.6 Å². The SMILES string of the molecule is O=C(CN1CCN(CCO)CC1)N[C@H](Cc1ccccc1)C(=O)O. The highest BCUT2D eigenvalue weighted by atomic mass is 16.4. The standard InChI is InChI=1S/C17H25N3O4/c21-11-10-19-6-8-20(9-7-19)13-16(22)18-15(17(23)24)12-14-4-2-1-3-5-14/h1-5,15,21H,6-13H2,(H,18,22)(H,23,24)/t15-/m1/s1. The number of amides is 1. The van der Waals surface area contributed by atoms with Crippen LogP contribution in [0, 0.1) is 0 Å². The predicted octanol–water partition coefficient (Wildman–Crippen LogP) is -0.592. The maximum Gasteiger partial charge on any atom is 0.326 e. The molecule has 1 aliphatic heterocycles. The first-order valence-corrected chi connectivity index (χ1v) is 8.20. The monoisotopic (exact) mass is 335 g/mol. The van der Waals surface area contributed by atoms with E-state index in [1.807, 2.05) is 35.2 Å². The number of rotatable bonds is 8. The molecule has 0 radical (unpaired) electrons. The fourth-order valence-electron chi connectivity index (χ4n) is 2.81. The first-order chi connectivity index (χ1) is 11.6. The lowest BCUT2D eigenvalue weighted by Crippen LogP contribution is -2.52. The van der Waals surface area contributed by atoms with Crippen LogP contribution in [0.4, 0.5) is 0 Å². The molecule has 1 atom stereocenters. The second-order valence-corrected chi connectivity index (χ2v) is 5.99. The molecule has 0 aromatic heterocycles. The number of carbonyl (C=O) groups excluding carboxylic acids is 1. The Morgan fingerprint density at radius 2 is 1.71 bits per heavy atom. The van der Waals surface area contributed by atoms with Crippen molar-refractivity contribution in [2.45, 2.75) is 12.5 Å². The van der Waals surface area contributed by atoms with E-state index in [0.29, 0.717) is 6.54 Å². The quantitative estimate of drug-likeness (QED) is 0.588. The summed E-state index contributed by atoms with van der Waals surface area (Å²) in [5, 5.41) is 20.9. The average molecular weight is 335 g/mol. The van der Waals surface area contributed by atoms with Gasteiger partial charge in [0, 0.05) is 39.1 Å². The number of carbonyl (C=O) groups is 2. The van der Waals surface area contributed by atoms with E-state index in [1.165, 1.54) is 0 Å². The smallest absolute Gasteiger partial charge is 0.326 e. The Hall–Kier alpha value is -1.96.